The Morgan fingerprint density at radius 1 is 1.03 bits per heavy atom. The summed E-state index contributed by atoms with van der Waals surface area (Å²) in [6, 6.07) is 12.8. The van der Waals surface area contributed by atoms with Gasteiger partial charge in [0.25, 0.3) is 5.91 Å². The number of hydrogen-bond acceptors (Lipinski definition) is 6. The van der Waals surface area contributed by atoms with Crippen molar-refractivity contribution < 1.29 is 19.1 Å². The van der Waals surface area contributed by atoms with Crippen molar-refractivity contribution in [1.82, 2.24) is 20.9 Å². The molecule has 36 heavy (non-hydrogen) atoms. The van der Waals surface area contributed by atoms with E-state index in [-0.39, 0.29) is 24.0 Å². The third-order valence-electron chi connectivity index (χ3n) is 6.58. The molecule has 4 rings (SSSR count). The van der Waals surface area contributed by atoms with E-state index in [4.69, 9.17) is 21.1 Å². The van der Waals surface area contributed by atoms with Crippen molar-refractivity contribution in [3.8, 4) is 11.5 Å². The minimum absolute atomic E-state index is 0.00266. The van der Waals surface area contributed by atoms with Crippen molar-refractivity contribution >= 4 is 23.4 Å². The zero-order valence-electron chi connectivity index (χ0n) is 20.7. The molecule has 1 saturated heterocycles. The van der Waals surface area contributed by atoms with Crippen LogP contribution in [-0.2, 0) is 11.3 Å². The van der Waals surface area contributed by atoms with Crippen LogP contribution in [0.15, 0.2) is 42.5 Å². The maximum absolute atomic E-state index is 12.8. The van der Waals surface area contributed by atoms with Crippen molar-refractivity contribution in [3.05, 3.63) is 58.6 Å². The van der Waals surface area contributed by atoms with Gasteiger partial charge in [-0.15, -0.1) is 0 Å². The highest BCUT2D eigenvalue weighted by atomic mass is 35.5. The first-order valence-electron chi connectivity index (χ1n) is 12.6. The zero-order chi connectivity index (χ0) is 25.3. The molecule has 4 bridgehead atoms. The van der Waals surface area contributed by atoms with Gasteiger partial charge in [-0.1, -0.05) is 23.7 Å². The maximum atomic E-state index is 12.8. The van der Waals surface area contributed by atoms with Crippen LogP contribution in [0.3, 0.4) is 0 Å². The molecule has 0 spiro atoms. The Morgan fingerprint density at radius 2 is 1.81 bits per heavy atom. The van der Waals surface area contributed by atoms with Crippen molar-refractivity contribution in [1.29, 1.82) is 0 Å². The van der Waals surface area contributed by atoms with Crippen molar-refractivity contribution in [2.24, 2.45) is 0 Å². The first-order valence-corrected chi connectivity index (χ1v) is 13.0. The molecular weight excluding hydrogens is 480 g/mol. The van der Waals surface area contributed by atoms with Gasteiger partial charge in [-0.05, 0) is 61.7 Å². The predicted molar refractivity (Wildman–Crippen MR) is 140 cm³/mol. The Morgan fingerprint density at radius 3 is 2.61 bits per heavy atom. The molecule has 2 aliphatic heterocycles. The molecule has 0 unspecified atom stereocenters. The van der Waals surface area contributed by atoms with E-state index in [2.05, 4.69) is 20.9 Å². The van der Waals surface area contributed by atoms with Crippen LogP contribution in [0.2, 0.25) is 5.02 Å². The second kappa shape index (κ2) is 12.9. The largest absolute Gasteiger partial charge is 0.493 e. The minimum atomic E-state index is -0.295. The molecule has 0 radical (unpaired) electrons. The number of carbonyl (C=O) groups is 2. The number of ether oxygens (including phenoxy) is 2. The fourth-order valence-electron chi connectivity index (χ4n) is 4.60. The van der Waals surface area contributed by atoms with Crippen LogP contribution in [0.1, 0.15) is 41.6 Å². The monoisotopic (exact) mass is 514 g/mol. The van der Waals surface area contributed by atoms with Crippen molar-refractivity contribution in [2.75, 3.05) is 39.8 Å². The number of hydrogen-bond donors (Lipinski definition) is 3. The normalized spacial score (nSPS) is 22.4. The fourth-order valence-corrected chi connectivity index (χ4v) is 4.73. The SMILES string of the molecule is COc1ccc2cc1O[C@@H]1CN[C@@H](C1)C(=O)NCCCCN(Cc1ccc(Cl)cc1)CCCNC2=O. The molecule has 2 aliphatic rings. The van der Waals surface area contributed by atoms with Gasteiger partial charge in [0.1, 0.15) is 6.10 Å². The first kappa shape index (κ1) is 26.3. The number of nitrogens with zero attached hydrogens (tertiary/aromatic N) is 1. The molecule has 0 aromatic heterocycles. The van der Waals surface area contributed by atoms with Crippen LogP contribution >= 0.6 is 11.6 Å². The number of fused-ring (bicyclic) bond motifs is 4. The number of benzene rings is 2. The lowest BCUT2D eigenvalue weighted by Gasteiger charge is -2.23. The molecule has 2 aromatic carbocycles. The standard InChI is InChI=1S/C27H35ClN4O4/c1-35-24-10-7-20-15-25(24)36-22-16-23(31-17-22)27(34)30-11-2-3-13-32(14-4-12-29-26(20)33)18-19-5-8-21(28)9-6-19/h5-10,15,22-23,31H,2-4,11-14,16-18H2,1H3,(H,29,33)(H,30,34)/t22-,23-/m0/s1. The van der Waals surface area contributed by atoms with Gasteiger partial charge in [0.05, 0.1) is 13.2 Å². The number of nitrogens with one attached hydrogen (secondary N) is 3. The summed E-state index contributed by atoms with van der Waals surface area (Å²) in [7, 11) is 1.57. The van der Waals surface area contributed by atoms with Gasteiger partial charge in [-0.3, -0.25) is 14.5 Å². The molecule has 2 heterocycles. The van der Waals surface area contributed by atoms with E-state index in [1.165, 1.54) is 5.56 Å². The van der Waals surface area contributed by atoms with Gasteiger partial charge in [0, 0.05) is 49.7 Å². The summed E-state index contributed by atoms with van der Waals surface area (Å²) in [5.41, 5.74) is 1.71. The van der Waals surface area contributed by atoms with E-state index < -0.39 is 0 Å². The van der Waals surface area contributed by atoms with E-state index in [9.17, 15) is 9.59 Å². The Hall–Kier alpha value is -2.81. The quantitative estimate of drug-likeness (QED) is 0.583. The smallest absolute Gasteiger partial charge is 0.251 e. The van der Waals surface area contributed by atoms with Crippen LogP contribution in [0.25, 0.3) is 0 Å². The molecule has 0 saturated carbocycles. The van der Waals surface area contributed by atoms with E-state index in [0.717, 1.165) is 43.9 Å². The highest BCUT2D eigenvalue weighted by molar-refractivity contribution is 6.30. The molecule has 2 atom stereocenters. The number of amides is 2. The number of carbonyl (C=O) groups excluding carboxylic acids is 2. The molecule has 2 amide bonds. The summed E-state index contributed by atoms with van der Waals surface area (Å²) in [4.78, 5) is 27.9. The Bertz CT molecular complexity index is 1030. The van der Waals surface area contributed by atoms with E-state index in [1.807, 2.05) is 24.3 Å². The summed E-state index contributed by atoms with van der Waals surface area (Å²) >= 11 is 6.04. The Kier molecular flexibility index (Phi) is 9.44. The van der Waals surface area contributed by atoms with Crippen molar-refractivity contribution in [2.45, 2.75) is 44.4 Å². The summed E-state index contributed by atoms with van der Waals surface area (Å²) < 4.78 is 11.6. The number of halogens is 1. The minimum Gasteiger partial charge on any atom is -0.493 e. The molecule has 2 aromatic rings. The zero-order valence-corrected chi connectivity index (χ0v) is 21.5. The number of rotatable bonds is 3. The van der Waals surface area contributed by atoms with Gasteiger partial charge < -0.3 is 25.4 Å². The average molecular weight is 515 g/mol. The second-order valence-electron chi connectivity index (χ2n) is 9.31. The highest BCUT2D eigenvalue weighted by Gasteiger charge is 2.31. The van der Waals surface area contributed by atoms with Crippen LogP contribution in [-0.4, -0.2) is 68.7 Å². The van der Waals surface area contributed by atoms with Gasteiger partial charge in [-0.2, -0.15) is 0 Å². The molecule has 194 valence electrons. The lowest BCUT2D eigenvalue weighted by Crippen LogP contribution is -2.40. The number of methoxy groups -OCH3 is 1. The molecular formula is C27H35ClN4O4. The lowest BCUT2D eigenvalue weighted by molar-refractivity contribution is -0.122. The topological polar surface area (TPSA) is 91.9 Å². The summed E-state index contributed by atoms with van der Waals surface area (Å²) in [5, 5.41) is 10.1. The third kappa shape index (κ3) is 7.35. The van der Waals surface area contributed by atoms with Crippen LogP contribution in [0, 0.1) is 0 Å². The highest BCUT2D eigenvalue weighted by Crippen LogP contribution is 2.30. The summed E-state index contributed by atoms with van der Waals surface area (Å²) in [6.07, 6.45) is 3.06. The predicted octanol–water partition coefficient (Wildman–Crippen LogP) is 2.99. The molecule has 0 aliphatic carbocycles. The van der Waals surface area contributed by atoms with Crippen LogP contribution < -0.4 is 25.4 Å². The molecule has 3 N–H and O–H groups in total. The van der Waals surface area contributed by atoms with E-state index >= 15 is 0 Å². The van der Waals surface area contributed by atoms with Crippen LogP contribution in [0.5, 0.6) is 11.5 Å². The summed E-state index contributed by atoms with van der Waals surface area (Å²) in [6.45, 7) is 4.33. The van der Waals surface area contributed by atoms with Crippen LogP contribution in [0.4, 0.5) is 0 Å². The third-order valence-corrected chi connectivity index (χ3v) is 6.83. The molecule has 9 heteroatoms. The first-order chi connectivity index (χ1) is 17.5. The van der Waals surface area contributed by atoms with Gasteiger partial charge >= 0.3 is 0 Å². The Balaban J connectivity index is 1.45. The summed E-state index contributed by atoms with van der Waals surface area (Å²) in [5.74, 6) is 0.914. The average Bonchev–Trinajstić information content (AvgIpc) is 3.35. The van der Waals surface area contributed by atoms with E-state index in [1.54, 1.807) is 25.3 Å². The maximum Gasteiger partial charge on any atom is 0.251 e. The Labute approximate surface area is 217 Å². The fraction of sp³-hybridized carbons (Fsp3) is 0.481. The molecule has 8 nitrogen and oxygen atoms in total. The van der Waals surface area contributed by atoms with Crippen molar-refractivity contribution in [3.63, 3.8) is 0 Å². The second-order valence-corrected chi connectivity index (χ2v) is 9.75. The van der Waals surface area contributed by atoms with Gasteiger partial charge in [-0.25, -0.2) is 0 Å². The molecule has 1 fully saturated rings. The van der Waals surface area contributed by atoms with E-state index in [0.29, 0.717) is 43.1 Å². The lowest BCUT2D eigenvalue weighted by atomic mass is 10.1. The van der Waals surface area contributed by atoms with Gasteiger partial charge in [0.2, 0.25) is 5.91 Å². The van der Waals surface area contributed by atoms with Gasteiger partial charge in [0.15, 0.2) is 11.5 Å².